The van der Waals surface area contributed by atoms with Crippen molar-refractivity contribution >= 4 is 0 Å². The number of hydrogen-bond donors (Lipinski definition) is 0. The number of hydrogen-bond acceptors (Lipinski definition) is 0. The van der Waals surface area contributed by atoms with Crippen molar-refractivity contribution in [2.45, 2.75) is 20.3 Å². The highest BCUT2D eigenvalue weighted by molar-refractivity contribution is 5.11. The summed E-state index contributed by atoms with van der Waals surface area (Å²) in [7, 11) is 0. The van der Waals surface area contributed by atoms with Gasteiger partial charge in [-0.3, -0.25) is 0 Å². The topological polar surface area (TPSA) is 0 Å². The van der Waals surface area contributed by atoms with Gasteiger partial charge in [-0.25, -0.2) is 0 Å². The van der Waals surface area contributed by atoms with Gasteiger partial charge in [-0.05, 0) is 32.1 Å². The molecule has 0 aromatic heterocycles. The average Bonchev–Trinajstić information content (AvgIpc) is 1.98. The van der Waals surface area contributed by atoms with Gasteiger partial charge < -0.3 is 0 Å². The largest absolute Gasteiger partial charge is 0.0850 e. The Balaban J connectivity index is 2.59. The van der Waals surface area contributed by atoms with Gasteiger partial charge >= 0.3 is 0 Å². The van der Waals surface area contributed by atoms with Crippen molar-refractivity contribution in [3.8, 4) is 0 Å². The molecule has 0 spiro atoms. The van der Waals surface area contributed by atoms with Gasteiger partial charge in [0.05, 0.1) is 0 Å². The fraction of sp³-hybridized carbons (Fsp3) is 0.625. The Morgan fingerprint density at radius 3 is 2.50 bits per heavy atom. The zero-order chi connectivity index (χ0) is 6.15. The van der Waals surface area contributed by atoms with E-state index in [1.54, 1.807) is 0 Å². The molecule has 2 radical (unpaired) electrons. The van der Waals surface area contributed by atoms with E-state index in [-0.39, 0.29) is 0 Å². The maximum absolute atomic E-state index is 5.72. The van der Waals surface area contributed by atoms with Crippen LogP contribution in [0.15, 0.2) is 11.6 Å². The third-order valence-electron chi connectivity index (χ3n) is 2.07. The van der Waals surface area contributed by atoms with Gasteiger partial charge in [0, 0.05) is 0 Å². The first-order chi connectivity index (χ1) is 3.72. The molecule has 2 unspecified atom stereocenters. The van der Waals surface area contributed by atoms with Crippen LogP contribution in [0, 0.1) is 18.8 Å². The summed E-state index contributed by atoms with van der Waals surface area (Å²) in [4.78, 5) is 0. The number of allylic oxidation sites excluding steroid dienone is 2. The third-order valence-corrected chi connectivity index (χ3v) is 2.07. The van der Waals surface area contributed by atoms with E-state index in [2.05, 4.69) is 19.9 Å². The lowest BCUT2D eigenvalue weighted by Gasteiger charge is -2.09. The Labute approximate surface area is 51.6 Å². The molecule has 0 N–H and O–H groups in total. The second-order valence-electron chi connectivity index (χ2n) is 2.64. The molecule has 0 aliphatic heterocycles. The lowest BCUT2D eigenvalue weighted by Crippen LogP contribution is -2.00. The van der Waals surface area contributed by atoms with E-state index >= 15 is 0 Å². The van der Waals surface area contributed by atoms with Gasteiger partial charge in [0.15, 0.2) is 0 Å². The second kappa shape index (κ2) is 1.93. The molecule has 0 aromatic carbocycles. The molecule has 44 valence electrons. The van der Waals surface area contributed by atoms with Crippen molar-refractivity contribution in [1.82, 2.24) is 0 Å². The van der Waals surface area contributed by atoms with Gasteiger partial charge in [0.25, 0.3) is 0 Å². The minimum Gasteiger partial charge on any atom is -0.0850 e. The summed E-state index contributed by atoms with van der Waals surface area (Å²) in [6.07, 6.45) is 3.31. The van der Waals surface area contributed by atoms with Crippen LogP contribution in [0.2, 0.25) is 0 Å². The Morgan fingerprint density at radius 2 is 2.38 bits per heavy atom. The molecular weight excluding hydrogens is 96.1 g/mol. The Kier molecular flexibility index (Phi) is 1.41. The van der Waals surface area contributed by atoms with Crippen molar-refractivity contribution in [3.63, 3.8) is 0 Å². The molecule has 0 amide bonds. The fourth-order valence-corrected chi connectivity index (χ4v) is 1.05. The highest BCUT2D eigenvalue weighted by atomic mass is 14.2. The van der Waals surface area contributed by atoms with Gasteiger partial charge in [0.2, 0.25) is 0 Å². The maximum Gasteiger partial charge on any atom is -0.0200 e. The minimum absolute atomic E-state index is 0.398. The molecule has 1 aliphatic carbocycles. The normalized spacial score (nSPS) is 37.6. The zero-order valence-electron chi connectivity index (χ0n) is 5.52. The SMILES string of the molecule is [CH]C1CC=C(C)C1C. The molecule has 0 nitrogen and oxygen atoms in total. The van der Waals surface area contributed by atoms with Crippen molar-refractivity contribution in [2.24, 2.45) is 11.8 Å². The van der Waals surface area contributed by atoms with Crippen molar-refractivity contribution in [3.05, 3.63) is 18.6 Å². The summed E-state index contributed by atoms with van der Waals surface area (Å²) in [5, 5.41) is 0. The molecule has 1 rings (SSSR count). The van der Waals surface area contributed by atoms with Crippen LogP contribution in [0.4, 0.5) is 0 Å². The van der Waals surface area contributed by atoms with Crippen LogP contribution in [0.25, 0.3) is 0 Å². The first-order valence-corrected chi connectivity index (χ1v) is 3.14. The van der Waals surface area contributed by atoms with Crippen LogP contribution in [-0.4, -0.2) is 0 Å². The lowest BCUT2D eigenvalue weighted by atomic mass is 9.96. The summed E-state index contributed by atoms with van der Waals surface area (Å²) < 4.78 is 0. The third kappa shape index (κ3) is 0.795. The Morgan fingerprint density at radius 1 is 1.75 bits per heavy atom. The molecular formula is C8H12. The first kappa shape index (κ1) is 5.87. The van der Waals surface area contributed by atoms with Crippen LogP contribution >= 0.6 is 0 Å². The summed E-state index contributed by atoms with van der Waals surface area (Å²) in [6, 6.07) is 0. The molecule has 0 bridgehead atoms. The number of rotatable bonds is 0. The van der Waals surface area contributed by atoms with E-state index < -0.39 is 0 Å². The molecule has 1 aliphatic rings. The highest BCUT2D eigenvalue weighted by Gasteiger charge is 2.17. The van der Waals surface area contributed by atoms with Crippen LogP contribution in [0.3, 0.4) is 0 Å². The van der Waals surface area contributed by atoms with Gasteiger partial charge in [-0.1, -0.05) is 18.6 Å². The monoisotopic (exact) mass is 108 g/mol. The summed E-state index contributed by atoms with van der Waals surface area (Å²) in [5.41, 5.74) is 1.46. The Hall–Kier alpha value is -0.260. The average molecular weight is 108 g/mol. The van der Waals surface area contributed by atoms with E-state index in [0.29, 0.717) is 11.8 Å². The lowest BCUT2D eigenvalue weighted by molar-refractivity contribution is 0.530. The molecule has 0 saturated carbocycles. The van der Waals surface area contributed by atoms with Crippen LogP contribution < -0.4 is 0 Å². The second-order valence-corrected chi connectivity index (χ2v) is 2.64. The van der Waals surface area contributed by atoms with Crippen molar-refractivity contribution < 1.29 is 0 Å². The van der Waals surface area contributed by atoms with Crippen LogP contribution in [-0.2, 0) is 0 Å². The predicted molar refractivity (Wildman–Crippen MR) is 35.3 cm³/mol. The summed E-state index contributed by atoms with van der Waals surface area (Å²) >= 11 is 0. The predicted octanol–water partition coefficient (Wildman–Crippen LogP) is 2.30. The van der Waals surface area contributed by atoms with Crippen molar-refractivity contribution in [1.29, 1.82) is 0 Å². The molecule has 0 heteroatoms. The van der Waals surface area contributed by atoms with E-state index in [1.807, 2.05) is 0 Å². The van der Waals surface area contributed by atoms with Crippen LogP contribution in [0.5, 0.6) is 0 Å². The molecule has 2 atom stereocenters. The standard InChI is InChI=1S/C8H12/c1-6-4-5-7(2)8(6)3/h1,5-6,8H,4H2,2-3H3. The Bertz CT molecular complexity index is 111. The maximum atomic E-state index is 5.72. The van der Waals surface area contributed by atoms with E-state index in [0.717, 1.165) is 6.42 Å². The molecule has 0 heterocycles. The quantitative estimate of drug-likeness (QED) is 0.418. The van der Waals surface area contributed by atoms with E-state index in [1.165, 1.54) is 5.57 Å². The zero-order valence-corrected chi connectivity index (χ0v) is 5.52. The van der Waals surface area contributed by atoms with Gasteiger partial charge in [-0.15, -0.1) is 0 Å². The molecule has 8 heavy (non-hydrogen) atoms. The van der Waals surface area contributed by atoms with Crippen molar-refractivity contribution in [2.75, 3.05) is 0 Å². The minimum atomic E-state index is 0.398. The summed E-state index contributed by atoms with van der Waals surface area (Å²) in [6.45, 7) is 10.1. The summed E-state index contributed by atoms with van der Waals surface area (Å²) in [5.74, 6) is 1.02. The molecule has 0 saturated heterocycles. The van der Waals surface area contributed by atoms with Gasteiger partial charge in [0.1, 0.15) is 0 Å². The van der Waals surface area contributed by atoms with Crippen LogP contribution in [0.1, 0.15) is 20.3 Å². The molecule has 0 fully saturated rings. The van der Waals surface area contributed by atoms with Gasteiger partial charge in [-0.2, -0.15) is 0 Å². The smallest absolute Gasteiger partial charge is 0.0200 e. The highest BCUT2D eigenvalue weighted by Crippen LogP contribution is 2.29. The first-order valence-electron chi connectivity index (χ1n) is 3.14. The van der Waals surface area contributed by atoms with E-state index in [9.17, 15) is 0 Å². The van der Waals surface area contributed by atoms with E-state index in [4.69, 9.17) is 6.92 Å². The molecule has 0 aromatic rings. The fourth-order valence-electron chi connectivity index (χ4n) is 1.05.